The third-order valence-electron chi connectivity index (χ3n) is 2.31. The van der Waals surface area contributed by atoms with Crippen molar-refractivity contribution >= 4 is 25.5 Å². The Hall–Kier alpha value is 0.290. The number of alkyl halides is 1. The van der Waals surface area contributed by atoms with E-state index in [1.165, 1.54) is 0 Å². The minimum absolute atomic E-state index is 0.0348. The van der Waals surface area contributed by atoms with Crippen molar-refractivity contribution in [2.75, 3.05) is 6.26 Å². The smallest absolute Gasteiger partial charge is 0.0454 e. The maximum absolute atomic E-state index is 11.7. The molecule has 0 aliphatic heterocycles. The maximum atomic E-state index is 11.7. The first-order valence-electron chi connectivity index (χ1n) is 3.89. The third-order valence-corrected chi connectivity index (χ3v) is 5.18. The fourth-order valence-corrected chi connectivity index (χ4v) is 2.75. The lowest BCUT2D eigenvalue weighted by Gasteiger charge is -2.44. The molecule has 0 heterocycles. The Balaban J connectivity index is 5.17. The minimum atomic E-state index is -4.15. The van der Waals surface area contributed by atoms with Crippen LogP contribution in [0.15, 0.2) is 11.5 Å². The van der Waals surface area contributed by atoms with Gasteiger partial charge in [-0.3, -0.25) is 4.55 Å². The van der Waals surface area contributed by atoms with E-state index >= 15 is 0 Å². The molecule has 0 amide bonds. The minimum Gasteiger partial charge on any atom is -0.287 e. The third kappa shape index (κ3) is 3.16. The summed E-state index contributed by atoms with van der Waals surface area (Å²) < 4.78 is 21.2. The van der Waals surface area contributed by atoms with Crippen molar-refractivity contribution in [2.45, 2.75) is 25.6 Å². The van der Waals surface area contributed by atoms with Crippen molar-refractivity contribution < 1.29 is 8.76 Å². The molecule has 13 heavy (non-hydrogen) atoms. The molecule has 0 unspecified atom stereocenters. The van der Waals surface area contributed by atoms with E-state index in [1.54, 1.807) is 0 Å². The SMILES string of the molecule is C=C(C(C)(C)[C@H](C)Br)S(C)(N)(=O)O. The number of halogens is 1. The molecule has 5 heteroatoms. The van der Waals surface area contributed by atoms with Crippen LogP contribution in [0.4, 0.5) is 0 Å². The molecule has 0 saturated heterocycles. The van der Waals surface area contributed by atoms with Gasteiger partial charge in [-0.05, 0) is 0 Å². The normalized spacial score (nSPS) is 18.8. The Morgan fingerprint density at radius 3 is 2.08 bits per heavy atom. The van der Waals surface area contributed by atoms with Crippen LogP contribution in [-0.2, 0) is 9.53 Å². The Morgan fingerprint density at radius 1 is 1.69 bits per heavy atom. The molecule has 0 aromatic rings. The van der Waals surface area contributed by atoms with E-state index in [1.807, 2.05) is 20.8 Å². The molecule has 80 valence electrons. The molecular formula is C8H18BrNO2S. The Morgan fingerprint density at radius 2 is 2.00 bits per heavy atom. The van der Waals surface area contributed by atoms with Crippen LogP contribution in [-0.4, -0.2) is 19.8 Å². The van der Waals surface area contributed by atoms with Crippen molar-refractivity contribution in [3.05, 3.63) is 11.5 Å². The average molecular weight is 272 g/mol. The summed E-state index contributed by atoms with van der Waals surface area (Å²) in [6.45, 7) is 9.17. The van der Waals surface area contributed by atoms with Crippen LogP contribution >= 0.6 is 15.9 Å². The van der Waals surface area contributed by atoms with Gasteiger partial charge in [0.2, 0.25) is 0 Å². The maximum Gasteiger partial charge on any atom is 0.0454 e. The summed E-state index contributed by atoms with van der Waals surface area (Å²) in [5.74, 6) is 0. The summed E-state index contributed by atoms with van der Waals surface area (Å²) in [6, 6.07) is 0. The predicted octanol–water partition coefficient (Wildman–Crippen LogP) is 2.11. The van der Waals surface area contributed by atoms with Crippen LogP contribution in [0.2, 0.25) is 0 Å². The first-order chi connectivity index (χ1) is 5.36. The average Bonchev–Trinajstić information content (AvgIpc) is 1.82. The summed E-state index contributed by atoms with van der Waals surface area (Å²) in [5, 5.41) is 5.33. The summed E-state index contributed by atoms with van der Waals surface area (Å²) in [4.78, 5) is 0.210. The molecule has 0 fully saturated rings. The summed E-state index contributed by atoms with van der Waals surface area (Å²) in [6.07, 6.45) is 1.12. The fourth-order valence-electron chi connectivity index (χ4n) is 0.862. The first kappa shape index (κ1) is 13.3. The van der Waals surface area contributed by atoms with Crippen molar-refractivity contribution in [1.82, 2.24) is 0 Å². The van der Waals surface area contributed by atoms with Crippen LogP contribution < -0.4 is 5.14 Å². The number of hydrogen-bond acceptors (Lipinski definition) is 1. The van der Waals surface area contributed by atoms with Crippen molar-refractivity contribution in [1.29, 1.82) is 0 Å². The van der Waals surface area contributed by atoms with Crippen LogP contribution in [0, 0.1) is 5.41 Å². The van der Waals surface area contributed by atoms with Gasteiger partial charge in [-0.25, -0.2) is 5.14 Å². The van der Waals surface area contributed by atoms with E-state index in [-0.39, 0.29) is 9.73 Å². The van der Waals surface area contributed by atoms with Crippen molar-refractivity contribution in [3.8, 4) is 0 Å². The van der Waals surface area contributed by atoms with Gasteiger partial charge in [0.25, 0.3) is 0 Å². The molecule has 0 aliphatic rings. The van der Waals surface area contributed by atoms with Gasteiger partial charge in [0.15, 0.2) is 0 Å². The van der Waals surface area contributed by atoms with Gasteiger partial charge < -0.3 is 0 Å². The number of nitrogens with two attached hydrogens (primary N) is 1. The zero-order valence-electron chi connectivity index (χ0n) is 8.50. The van der Waals surface area contributed by atoms with E-state index in [4.69, 9.17) is 5.14 Å². The molecule has 0 rings (SSSR count). The second-order valence-electron chi connectivity index (χ2n) is 4.12. The second-order valence-corrected chi connectivity index (χ2v) is 8.70. The van der Waals surface area contributed by atoms with Crippen LogP contribution in [0.1, 0.15) is 20.8 Å². The Bertz CT molecular complexity index is 279. The zero-order chi connectivity index (χ0) is 11.1. The lowest BCUT2D eigenvalue weighted by atomic mass is 9.90. The predicted molar refractivity (Wildman–Crippen MR) is 62.2 cm³/mol. The highest BCUT2D eigenvalue weighted by molar-refractivity contribution is 9.09. The molecule has 0 aromatic heterocycles. The van der Waals surface area contributed by atoms with E-state index in [0.29, 0.717) is 0 Å². The van der Waals surface area contributed by atoms with Gasteiger partial charge in [0.1, 0.15) is 0 Å². The lowest BCUT2D eigenvalue weighted by Crippen LogP contribution is -2.47. The quantitative estimate of drug-likeness (QED) is 0.773. The molecule has 0 saturated carbocycles. The lowest BCUT2D eigenvalue weighted by molar-refractivity contribution is 0.445. The highest BCUT2D eigenvalue weighted by atomic mass is 79.9. The molecule has 0 spiro atoms. The van der Waals surface area contributed by atoms with Gasteiger partial charge in [-0.15, -0.1) is 9.53 Å². The molecule has 0 bridgehead atoms. The van der Waals surface area contributed by atoms with Crippen LogP contribution in [0.3, 0.4) is 0 Å². The van der Waals surface area contributed by atoms with E-state index < -0.39 is 14.9 Å². The summed E-state index contributed by atoms with van der Waals surface area (Å²) in [7, 11) is -4.15. The van der Waals surface area contributed by atoms with Gasteiger partial charge in [-0.1, -0.05) is 43.3 Å². The molecule has 0 aromatic carbocycles. The molecule has 3 N–H and O–H groups in total. The van der Waals surface area contributed by atoms with Gasteiger partial charge in [0.05, 0.1) is 0 Å². The molecule has 0 aliphatic carbocycles. The Labute approximate surface area is 88.3 Å². The van der Waals surface area contributed by atoms with Crippen LogP contribution in [0.25, 0.3) is 0 Å². The van der Waals surface area contributed by atoms with Gasteiger partial charge in [-0.2, -0.15) is 4.21 Å². The zero-order valence-corrected chi connectivity index (χ0v) is 10.9. The van der Waals surface area contributed by atoms with Crippen molar-refractivity contribution in [3.63, 3.8) is 0 Å². The number of allylic oxidation sites excluding steroid dienone is 1. The number of hydrogen-bond donors (Lipinski definition) is 2. The van der Waals surface area contributed by atoms with Gasteiger partial charge >= 0.3 is 0 Å². The molecular weight excluding hydrogens is 254 g/mol. The number of rotatable bonds is 3. The largest absolute Gasteiger partial charge is 0.287 e. The topological polar surface area (TPSA) is 63.3 Å². The van der Waals surface area contributed by atoms with Crippen molar-refractivity contribution in [2.24, 2.45) is 10.6 Å². The van der Waals surface area contributed by atoms with E-state index in [0.717, 1.165) is 6.26 Å². The second kappa shape index (κ2) is 3.15. The fraction of sp³-hybridized carbons (Fsp3) is 0.750. The monoisotopic (exact) mass is 271 g/mol. The van der Waals surface area contributed by atoms with E-state index in [2.05, 4.69) is 22.5 Å². The summed E-state index contributed by atoms with van der Waals surface area (Å²) in [5.41, 5.74) is -0.512. The molecule has 1 atom stereocenters. The highest BCUT2D eigenvalue weighted by Gasteiger charge is 2.36. The Kier molecular flexibility index (Phi) is 3.22. The van der Waals surface area contributed by atoms with Gasteiger partial charge in [0, 0.05) is 21.4 Å². The van der Waals surface area contributed by atoms with E-state index in [9.17, 15) is 8.76 Å². The highest BCUT2D eigenvalue weighted by Crippen LogP contribution is 2.41. The standard InChI is InChI=1S/C8H18BrNO2S/c1-6(9)8(3,4)7(2)13(5,10,11)12/h6H,2H2,1,3-5H3,(H3,10,11,12)/t6-/m0/s1. The molecule has 0 radical (unpaired) electrons. The molecule has 3 nitrogen and oxygen atoms in total. The van der Waals surface area contributed by atoms with Crippen LogP contribution in [0.5, 0.6) is 0 Å². The first-order valence-corrected chi connectivity index (χ1v) is 7.20. The summed E-state index contributed by atoms with van der Waals surface area (Å²) >= 11 is 3.36.